The van der Waals surface area contributed by atoms with Gasteiger partial charge in [-0.2, -0.15) is 0 Å². The average molecular weight is 302 g/mol. The molecule has 0 unspecified atom stereocenters. The highest BCUT2D eigenvalue weighted by Gasteiger charge is 2.52. The zero-order chi connectivity index (χ0) is 15.5. The molecule has 3 rings (SSSR count). The molecule has 2 aliphatic rings. The van der Waals surface area contributed by atoms with E-state index in [0.29, 0.717) is 25.0 Å². The van der Waals surface area contributed by atoms with Crippen LogP contribution in [0.4, 0.5) is 0 Å². The van der Waals surface area contributed by atoms with Gasteiger partial charge in [0.25, 0.3) is 0 Å². The fourth-order valence-electron chi connectivity index (χ4n) is 3.12. The predicted molar refractivity (Wildman–Crippen MR) is 78.2 cm³/mol. The van der Waals surface area contributed by atoms with Gasteiger partial charge in [-0.25, -0.2) is 4.79 Å². The van der Waals surface area contributed by atoms with E-state index >= 15 is 0 Å². The van der Waals surface area contributed by atoms with Crippen molar-refractivity contribution in [1.29, 1.82) is 0 Å². The highest BCUT2D eigenvalue weighted by molar-refractivity contribution is 5.89. The lowest BCUT2D eigenvalue weighted by Crippen LogP contribution is -2.33. The number of esters is 2. The molecule has 5 heteroatoms. The van der Waals surface area contributed by atoms with Crippen LogP contribution in [0.25, 0.3) is 0 Å². The second-order valence-electron chi connectivity index (χ2n) is 5.53. The zero-order valence-corrected chi connectivity index (χ0v) is 12.1. The number of hydrogen-bond acceptors (Lipinski definition) is 5. The SMILES string of the molecule is C=CCO[C@@H]1[C@@H]2CC(=O)O[C@@H]2C[C@H]1OC(=O)c1ccccc1. The molecule has 1 aliphatic carbocycles. The molecule has 1 saturated carbocycles. The Kier molecular flexibility index (Phi) is 4.24. The van der Waals surface area contributed by atoms with Crippen molar-refractivity contribution in [1.82, 2.24) is 0 Å². The number of carbonyl (C=O) groups is 2. The Labute approximate surface area is 128 Å². The van der Waals surface area contributed by atoms with Crippen LogP contribution in [0.5, 0.6) is 0 Å². The standard InChI is InChI=1S/C17H18O5/c1-2-8-20-16-12-9-15(18)21-13(12)10-14(16)22-17(19)11-6-4-3-5-7-11/h2-7,12-14,16H,1,8-10H2/t12-,13-,14-,16-/m1/s1. The van der Waals surface area contributed by atoms with Gasteiger partial charge in [0.1, 0.15) is 18.3 Å². The van der Waals surface area contributed by atoms with E-state index in [1.54, 1.807) is 30.3 Å². The van der Waals surface area contributed by atoms with Gasteiger partial charge in [-0.05, 0) is 12.1 Å². The lowest BCUT2D eigenvalue weighted by molar-refractivity contribution is -0.142. The third kappa shape index (κ3) is 2.90. The van der Waals surface area contributed by atoms with Crippen LogP contribution in [0, 0.1) is 5.92 Å². The van der Waals surface area contributed by atoms with Crippen molar-refractivity contribution in [3.8, 4) is 0 Å². The van der Waals surface area contributed by atoms with Gasteiger partial charge in [0, 0.05) is 12.3 Å². The van der Waals surface area contributed by atoms with Crippen LogP contribution in [0.3, 0.4) is 0 Å². The summed E-state index contributed by atoms with van der Waals surface area (Å²) in [7, 11) is 0. The molecule has 1 aliphatic heterocycles. The van der Waals surface area contributed by atoms with E-state index in [1.807, 2.05) is 6.07 Å². The third-order valence-electron chi connectivity index (χ3n) is 4.09. The Bertz CT molecular complexity index is 568. The summed E-state index contributed by atoms with van der Waals surface area (Å²) in [4.78, 5) is 23.6. The maximum absolute atomic E-state index is 12.2. The van der Waals surface area contributed by atoms with Crippen molar-refractivity contribution < 1.29 is 23.8 Å². The van der Waals surface area contributed by atoms with E-state index in [0.717, 1.165) is 0 Å². The van der Waals surface area contributed by atoms with E-state index in [2.05, 4.69) is 6.58 Å². The van der Waals surface area contributed by atoms with E-state index in [9.17, 15) is 9.59 Å². The number of fused-ring (bicyclic) bond motifs is 1. The summed E-state index contributed by atoms with van der Waals surface area (Å²) in [5.74, 6) is -0.653. The zero-order valence-electron chi connectivity index (χ0n) is 12.1. The molecule has 0 spiro atoms. The summed E-state index contributed by atoms with van der Waals surface area (Å²) < 4.78 is 16.6. The third-order valence-corrected chi connectivity index (χ3v) is 4.09. The minimum atomic E-state index is -0.407. The first-order valence-electron chi connectivity index (χ1n) is 7.37. The van der Waals surface area contributed by atoms with Crippen molar-refractivity contribution in [2.24, 2.45) is 5.92 Å². The average Bonchev–Trinajstić information content (AvgIpc) is 3.02. The van der Waals surface area contributed by atoms with E-state index in [-0.39, 0.29) is 30.1 Å². The molecular formula is C17H18O5. The molecule has 116 valence electrons. The second-order valence-corrected chi connectivity index (χ2v) is 5.53. The molecule has 0 N–H and O–H groups in total. The number of carbonyl (C=O) groups excluding carboxylic acids is 2. The van der Waals surface area contributed by atoms with Gasteiger partial charge in [0.15, 0.2) is 0 Å². The molecule has 2 fully saturated rings. The maximum Gasteiger partial charge on any atom is 0.338 e. The molecule has 0 amide bonds. The highest BCUT2D eigenvalue weighted by atomic mass is 16.6. The molecule has 5 nitrogen and oxygen atoms in total. The molecule has 4 atom stereocenters. The van der Waals surface area contributed by atoms with Gasteiger partial charge in [0.05, 0.1) is 18.6 Å². The smallest absolute Gasteiger partial charge is 0.338 e. The summed E-state index contributed by atoms with van der Waals surface area (Å²) in [5.41, 5.74) is 0.499. The number of rotatable bonds is 5. The second kappa shape index (κ2) is 6.32. The van der Waals surface area contributed by atoms with Crippen LogP contribution >= 0.6 is 0 Å². The Balaban J connectivity index is 1.70. The first-order valence-corrected chi connectivity index (χ1v) is 7.37. The van der Waals surface area contributed by atoms with Crippen LogP contribution in [-0.2, 0) is 19.0 Å². The lowest BCUT2D eigenvalue weighted by atomic mass is 10.0. The maximum atomic E-state index is 12.2. The lowest BCUT2D eigenvalue weighted by Gasteiger charge is -2.22. The van der Waals surface area contributed by atoms with Crippen molar-refractivity contribution in [3.05, 3.63) is 48.6 Å². The summed E-state index contributed by atoms with van der Waals surface area (Å²) in [6.45, 7) is 3.97. The number of benzene rings is 1. The molecule has 0 radical (unpaired) electrons. The normalized spacial score (nSPS) is 29.7. The highest BCUT2D eigenvalue weighted by Crippen LogP contribution is 2.40. The first kappa shape index (κ1) is 14.8. The Morgan fingerprint density at radius 1 is 1.36 bits per heavy atom. The van der Waals surface area contributed by atoms with E-state index in [1.165, 1.54) is 0 Å². The fraction of sp³-hybridized carbons (Fsp3) is 0.412. The molecule has 1 aromatic carbocycles. The summed E-state index contributed by atoms with van der Waals surface area (Å²) in [5, 5.41) is 0. The van der Waals surface area contributed by atoms with Crippen molar-refractivity contribution >= 4 is 11.9 Å². The predicted octanol–water partition coefficient (Wildman–Crippen LogP) is 2.12. The topological polar surface area (TPSA) is 61.8 Å². The van der Waals surface area contributed by atoms with Gasteiger partial charge < -0.3 is 14.2 Å². The largest absolute Gasteiger partial charge is 0.462 e. The van der Waals surface area contributed by atoms with Crippen molar-refractivity contribution in [2.45, 2.75) is 31.2 Å². The molecule has 0 bridgehead atoms. The fourth-order valence-corrected chi connectivity index (χ4v) is 3.12. The van der Waals surface area contributed by atoms with E-state index in [4.69, 9.17) is 14.2 Å². The minimum Gasteiger partial charge on any atom is -0.462 e. The first-order chi connectivity index (χ1) is 10.7. The van der Waals surface area contributed by atoms with Crippen LogP contribution in [0.15, 0.2) is 43.0 Å². The Morgan fingerprint density at radius 2 is 2.14 bits per heavy atom. The molecule has 22 heavy (non-hydrogen) atoms. The Morgan fingerprint density at radius 3 is 2.86 bits per heavy atom. The van der Waals surface area contributed by atoms with Crippen LogP contribution in [0.1, 0.15) is 23.2 Å². The minimum absolute atomic E-state index is 0.0546. The van der Waals surface area contributed by atoms with E-state index < -0.39 is 6.10 Å². The molecular weight excluding hydrogens is 284 g/mol. The van der Waals surface area contributed by atoms with Gasteiger partial charge in [-0.15, -0.1) is 6.58 Å². The van der Waals surface area contributed by atoms with Crippen molar-refractivity contribution in [3.63, 3.8) is 0 Å². The number of ether oxygens (including phenoxy) is 3. The quantitative estimate of drug-likeness (QED) is 0.616. The number of hydrogen-bond donors (Lipinski definition) is 0. The van der Waals surface area contributed by atoms with Crippen LogP contribution in [-0.4, -0.2) is 36.9 Å². The molecule has 1 heterocycles. The summed E-state index contributed by atoms with van der Waals surface area (Å²) >= 11 is 0. The van der Waals surface area contributed by atoms with Gasteiger partial charge in [-0.3, -0.25) is 4.79 Å². The van der Waals surface area contributed by atoms with Gasteiger partial charge in [0.2, 0.25) is 0 Å². The summed E-state index contributed by atoms with van der Waals surface area (Å²) in [6, 6.07) is 8.82. The molecule has 1 saturated heterocycles. The van der Waals surface area contributed by atoms with Gasteiger partial charge in [-0.1, -0.05) is 24.3 Å². The molecule has 1 aromatic rings. The Hall–Kier alpha value is -2.14. The van der Waals surface area contributed by atoms with Gasteiger partial charge >= 0.3 is 11.9 Å². The summed E-state index contributed by atoms with van der Waals surface area (Å²) in [6.07, 6.45) is 1.47. The van der Waals surface area contributed by atoms with Crippen LogP contribution in [0.2, 0.25) is 0 Å². The van der Waals surface area contributed by atoms with Crippen LogP contribution < -0.4 is 0 Å². The monoisotopic (exact) mass is 302 g/mol. The molecule has 0 aromatic heterocycles. The van der Waals surface area contributed by atoms with Crippen molar-refractivity contribution in [2.75, 3.05) is 6.61 Å².